The summed E-state index contributed by atoms with van der Waals surface area (Å²) >= 11 is 0. The zero-order valence-corrected chi connectivity index (χ0v) is 21.8. The number of benzene rings is 1. The molecule has 0 amide bonds. The van der Waals surface area contributed by atoms with Crippen LogP contribution in [0.2, 0.25) is 0 Å². The fourth-order valence-electron chi connectivity index (χ4n) is 9.84. The molecule has 4 saturated carbocycles. The van der Waals surface area contributed by atoms with Crippen LogP contribution in [0.1, 0.15) is 102 Å². The van der Waals surface area contributed by atoms with Crippen molar-refractivity contribution in [3.05, 3.63) is 35.9 Å². The van der Waals surface area contributed by atoms with Gasteiger partial charge in [-0.1, -0.05) is 51.1 Å². The van der Waals surface area contributed by atoms with Gasteiger partial charge in [0, 0.05) is 12.0 Å². The van der Waals surface area contributed by atoms with Gasteiger partial charge < -0.3 is 10.2 Å². The number of rotatable bonds is 6. The minimum absolute atomic E-state index is 0.0903. The van der Waals surface area contributed by atoms with Gasteiger partial charge in [0.1, 0.15) is 5.60 Å². The van der Waals surface area contributed by atoms with E-state index in [1.54, 1.807) is 0 Å². The Balaban J connectivity index is 1.31. The van der Waals surface area contributed by atoms with Gasteiger partial charge in [-0.2, -0.15) is 0 Å². The topological polar surface area (TPSA) is 74.6 Å². The highest BCUT2D eigenvalue weighted by Gasteiger charge is 2.62. The molecule has 2 N–H and O–H groups in total. The number of fused-ring (bicyclic) bond motifs is 5. The number of ketones is 1. The third-order valence-electron chi connectivity index (χ3n) is 11.8. The average Bonchev–Trinajstić information content (AvgIpc) is 3.20. The molecule has 9 atom stereocenters. The number of Topliss-reactive ketones (excluding diaryl/α,β-unsaturated/α-hetero) is 1. The highest BCUT2D eigenvalue weighted by atomic mass is 16.4. The predicted molar refractivity (Wildman–Crippen MR) is 137 cm³/mol. The van der Waals surface area contributed by atoms with E-state index in [9.17, 15) is 19.8 Å². The second-order valence-electron chi connectivity index (χ2n) is 13.2. The van der Waals surface area contributed by atoms with Crippen LogP contribution < -0.4 is 0 Å². The molecule has 0 aromatic heterocycles. The fraction of sp³-hybridized carbons (Fsp3) is 0.742. The number of hydrogen-bond donors (Lipinski definition) is 2. The molecule has 0 radical (unpaired) electrons. The van der Waals surface area contributed by atoms with E-state index in [1.165, 1.54) is 32.1 Å². The average molecular weight is 481 g/mol. The van der Waals surface area contributed by atoms with E-state index in [2.05, 4.69) is 20.8 Å². The van der Waals surface area contributed by atoms with Gasteiger partial charge in [-0.25, -0.2) is 0 Å². The van der Waals surface area contributed by atoms with Crippen LogP contribution in [-0.2, 0) is 4.79 Å². The van der Waals surface area contributed by atoms with Gasteiger partial charge in [0.15, 0.2) is 5.78 Å². The lowest BCUT2D eigenvalue weighted by molar-refractivity contribution is -0.143. The van der Waals surface area contributed by atoms with Gasteiger partial charge in [-0.15, -0.1) is 0 Å². The van der Waals surface area contributed by atoms with Gasteiger partial charge in [0.2, 0.25) is 0 Å². The molecule has 192 valence electrons. The summed E-state index contributed by atoms with van der Waals surface area (Å²) in [6, 6.07) is 9.34. The van der Waals surface area contributed by atoms with E-state index >= 15 is 0 Å². The maximum Gasteiger partial charge on any atom is 0.303 e. The molecule has 4 aliphatic rings. The Bertz CT molecular complexity index is 958. The Labute approximate surface area is 210 Å². The van der Waals surface area contributed by atoms with Crippen LogP contribution in [0.25, 0.3) is 0 Å². The number of aliphatic carboxylic acids is 1. The molecule has 0 bridgehead atoms. The molecule has 35 heavy (non-hydrogen) atoms. The first-order valence-electron chi connectivity index (χ1n) is 14.1. The quantitative estimate of drug-likeness (QED) is 0.441. The van der Waals surface area contributed by atoms with E-state index in [0.717, 1.165) is 31.1 Å². The molecule has 0 spiro atoms. The summed E-state index contributed by atoms with van der Waals surface area (Å²) in [5, 5.41) is 20.7. The zero-order chi connectivity index (χ0) is 25.0. The SMILES string of the molecule is C[C@H](CCC(=O)O)[C@H]1CC[C@H]2[C@@H]3CCC4C[C@@](O)(C(=O)c5ccccc5)CC[C@]4(C)[C@H]3CC[C@]12C. The number of carbonyl (C=O) groups excluding carboxylic acids is 1. The van der Waals surface area contributed by atoms with Crippen LogP contribution in [0.5, 0.6) is 0 Å². The molecule has 0 aliphatic heterocycles. The van der Waals surface area contributed by atoms with Gasteiger partial charge in [-0.3, -0.25) is 9.59 Å². The molecule has 5 rings (SSSR count). The molecule has 4 fully saturated rings. The Kier molecular flexibility index (Phi) is 6.43. The molecule has 1 aromatic carbocycles. The molecule has 4 nitrogen and oxygen atoms in total. The van der Waals surface area contributed by atoms with Gasteiger partial charge in [0.05, 0.1) is 0 Å². The first-order valence-corrected chi connectivity index (χ1v) is 14.1. The lowest BCUT2D eigenvalue weighted by atomic mass is 9.43. The monoisotopic (exact) mass is 480 g/mol. The van der Waals surface area contributed by atoms with Crippen molar-refractivity contribution in [1.29, 1.82) is 0 Å². The molecule has 4 heteroatoms. The summed E-state index contributed by atoms with van der Waals surface area (Å²) in [7, 11) is 0. The maximum absolute atomic E-state index is 13.3. The van der Waals surface area contributed by atoms with Crippen molar-refractivity contribution < 1.29 is 19.8 Å². The number of carboxylic acids is 1. The number of hydrogen-bond acceptors (Lipinski definition) is 3. The van der Waals surface area contributed by atoms with E-state index < -0.39 is 11.6 Å². The van der Waals surface area contributed by atoms with Crippen molar-refractivity contribution in [1.82, 2.24) is 0 Å². The van der Waals surface area contributed by atoms with E-state index in [0.29, 0.717) is 47.5 Å². The van der Waals surface area contributed by atoms with Crippen LogP contribution in [0.15, 0.2) is 30.3 Å². The minimum atomic E-state index is -1.22. The molecule has 0 heterocycles. The Morgan fingerprint density at radius 3 is 2.37 bits per heavy atom. The number of aliphatic hydroxyl groups is 1. The standard InChI is InChI=1S/C31H44O4/c1-20(9-14-27(32)33)24-12-13-25-23-11-10-22-19-31(35,28(34)21-7-5-4-6-8-21)18-17-29(22,2)26(23)15-16-30(24,25)3/h4-8,20,22-26,35H,9-19H2,1-3H3,(H,32,33)/t20-,22?,23+,24-,25+,26+,29+,30-,31-/m1/s1. The van der Waals surface area contributed by atoms with E-state index in [-0.39, 0.29) is 17.6 Å². The summed E-state index contributed by atoms with van der Waals surface area (Å²) in [5.74, 6) is 2.92. The smallest absolute Gasteiger partial charge is 0.303 e. The molecule has 4 aliphatic carbocycles. The van der Waals surface area contributed by atoms with E-state index in [1.807, 2.05) is 30.3 Å². The summed E-state index contributed by atoms with van der Waals surface area (Å²) in [6.45, 7) is 7.29. The van der Waals surface area contributed by atoms with Crippen molar-refractivity contribution in [2.24, 2.45) is 46.3 Å². The maximum atomic E-state index is 13.3. The van der Waals surface area contributed by atoms with Crippen LogP contribution in [-0.4, -0.2) is 27.6 Å². The van der Waals surface area contributed by atoms with Crippen molar-refractivity contribution in [3.63, 3.8) is 0 Å². The largest absolute Gasteiger partial charge is 0.481 e. The van der Waals surface area contributed by atoms with E-state index in [4.69, 9.17) is 0 Å². The molecule has 1 unspecified atom stereocenters. The summed E-state index contributed by atoms with van der Waals surface area (Å²) in [6.07, 6.45) is 10.6. The van der Waals surface area contributed by atoms with Gasteiger partial charge in [-0.05, 0) is 111 Å². The van der Waals surface area contributed by atoms with Crippen molar-refractivity contribution >= 4 is 11.8 Å². The Hall–Kier alpha value is -1.68. The van der Waals surface area contributed by atoms with Crippen molar-refractivity contribution in [3.8, 4) is 0 Å². The highest BCUT2D eigenvalue weighted by molar-refractivity contribution is 6.02. The lowest BCUT2D eigenvalue weighted by Gasteiger charge is -2.62. The first-order chi connectivity index (χ1) is 16.6. The van der Waals surface area contributed by atoms with Crippen LogP contribution in [0, 0.1) is 46.3 Å². The Morgan fingerprint density at radius 2 is 1.66 bits per heavy atom. The van der Waals surface area contributed by atoms with Crippen LogP contribution >= 0.6 is 0 Å². The summed E-state index contributed by atoms with van der Waals surface area (Å²) < 4.78 is 0. The molecular weight excluding hydrogens is 436 g/mol. The van der Waals surface area contributed by atoms with Crippen molar-refractivity contribution in [2.45, 2.75) is 97.0 Å². The highest BCUT2D eigenvalue weighted by Crippen LogP contribution is 2.69. The number of carbonyl (C=O) groups is 2. The number of carboxylic acid groups (broad SMARTS) is 1. The van der Waals surface area contributed by atoms with Gasteiger partial charge in [0.25, 0.3) is 0 Å². The summed E-state index contributed by atoms with van der Waals surface area (Å²) in [4.78, 5) is 24.5. The van der Waals surface area contributed by atoms with Crippen molar-refractivity contribution in [2.75, 3.05) is 0 Å². The summed E-state index contributed by atoms with van der Waals surface area (Å²) in [5.41, 5.74) is -0.0456. The van der Waals surface area contributed by atoms with Crippen LogP contribution in [0.3, 0.4) is 0 Å². The zero-order valence-electron chi connectivity index (χ0n) is 21.8. The minimum Gasteiger partial charge on any atom is -0.481 e. The first kappa shape index (κ1) is 25.0. The predicted octanol–water partition coefficient (Wildman–Crippen LogP) is 6.76. The van der Waals surface area contributed by atoms with Crippen LogP contribution in [0.4, 0.5) is 0 Å². The molecule has 0 saturated heterocycles. The Morgan fingerprint density at radius 1 is 0.943 bits per heavy atom. The normalized spacial score (nSPS) is 43.5. The van der Waals surface area contributed by atoms with Gasteiger partial charge >= 0.3 is 5.97 Å². The lowest BCUT2D eigenvalue weighted by Crippen LogP contribution is -2.57. The second kappa shape index (κ2) is 9.01. The second-order valence-corrected chi connectivity index (χ2v) is 13.2. The molecular formula is C31H44O4. The third-order valence-corrected chi connectivity index (χ3v) is 11.8. The third kappa shape index (κ3) is 4.08. The molecule has 1 aromatic rings. The fourth-order valence-corrected chi connectivity index (χ4v) is 9.84.